The molecule has 0 unspecified atom stereocenters. The summed E-state index contributed by atoms with van der Waals surface area (Å²) in [6.07, 6.45) is 6.14. The lowest BCUT2D eigenvalue weighted by molar-refractivity contribution is 0.112. The number of anilines is 1. The van der Waals surface area contributed by atoms with Gasteiger partial charge in [-0.3, -0.25) is 4.79 Å². The molecule has 0 radical (unpaired) electrons. The third kappa shape index (κ3) is 2.33. The zero-order valence-corrected chi connectivity index (χ0v) is 9.87. The van der Waals surface area contributed by atoms with Gasteiger partial charge in [-0.05, 0) is 12.1 Å². The minimum atomic E-state index is 0.587. The molecule has 0 spiro atoms. The van der Waals surface area contributed by atoms with Crippen molar-refractivity contribution in [1.82, 2.24) is 14.5 Å². The van der Waals surface area contributed by atoms with Crippen molar-refractivity contribution in [3.05, 3.63) is 42.1 Å². The van der Waals surface area contributed by atoms with Gasteiger partial charge < -0.3 is 9.47 Å². The molecule has 0 aliphatic heterocycles. The summed E-state index contributed by atoms with van der Waals surface area (Å²) in [5.41, 5.74) is 0.587. The van der Waals surface area contributed by atoms with Crippen molar-refractivity contribution in [2.45, 2.75) is 6.54 Å². The SMILES string of the molecule is CN(Cc1nccn1C)c1ncccc1C=O. The van der Waals surface area contributed by atoms with E-state index in [2.05, 4.69) is 9.97 Å². The number of pyridine rings is 1. The van der Waals surface area contributed by atoms with E-state index < -0.39 is 0 Å². The largest absolute Gasteiger partial charge is 0.352 e. The molecule has 2 aromatic rings. The average Bonchev–Trinajstić information content (AvgIpc) is 2.75. The molecule has 0 bridgehead atoms. The maximum Gasteiger partial charge on any atom is 0.153 e. The highest BCUT2D eigenvalue weighted by Gasteiger charge is 2.10. The molecule has 0 aliphatic rings. The van der Waals surface area contributed by atoms with E-state index in [1.54, 1.807) is 24.5 Å². The van der Waals surface area contributed by atoms with Gasteiger partial charge in [0.05, 0.1) is 12.1 Å². The smallest absolute Gasteiger partial charge is 0.153 e. The van der Waals surface area contributed by atoms with Gasteiger partial charge in [0.15, 0.2) is 6.29 Å². The molecule has 0 aliphatic carbocycles. The molecule has 0 aromatic carbocycles. The van der Waals surface area contributed by atoms with Crippen LogP contribution in [0.1, 0.15) is 16.2 Å². The second-order valence-electron chi connectivity index (χ2n) is 3.84. The van der Waals surface area contributed by atoms with Crippen molar-refractivity contribution in [1.29, 1.82) is 0 Å². The first-order valence-corrected chi connectivity index (χ1v) is 5.30. The Kier molecular flexibility index (Phi) is 3.18. The highest BCUT2D eigenvalue weighted by molar-refractivity contribution is 5.82. The molecule has 0 amide bonds. The summed E-state index contributed by atoms with van der Waals surface area (Å²) in [7, 11) is 3.83. The van der Waals surface area contributed by atoms with Crippen molar-refractivity contribution >= 4 is 12.1 Å². The summed E-state index contributed by atoms with van der Waals surface area (Å²) in [5, 5.41) is 0. The number of aryl methyl sites for hydroxylation is 1. The Morgan fingerprint density at radius 1 is 1.41 bits per heavy atom. The molecule has 2 aromatic heterocycles. The van der Waals surface area contributed by atoms with Gasteiger partial charge in [0.25, 0.3) is 0 Å². The highest BCUT2D eigenvalue weighted by Crippen LogP contribution is 2.15. The number of aldehydes is 1. The van der Waals surface area contributed by atoms with Gasteiger partial charge in [0, 0.05) is 32.7 Å². The van der Waals surface area contributed by atoms with Crippen LogP contribution in [0, 0.1) is 0 Å². The summed E-state index contributed by atoms with van der Waals surface area (Å²) in [5.74, 6) is 1.60. The van der Waals surface area contributed by atoms with Crippen molar-refractivity contribution in [3.63, 3.8) is 0 Å². The second kappa shape index (κ2) is 4.78. The standard InChI is InChI=1S/C12H14N4O/c1-15-7-6-13-11(15)8-16(2)12-10(9-17)4-3-5-14-12/h3-7,9H,8H2,1-2H3. The summed E-state index contributed by atoms with van der Waals surface area (Å²) in [6.45, 7) is 0.612. The van der Waals surface area contributed by atoms with Crippen LogP contribution in [-0.4, -0.2) is 27.9 Å². The van der Waals surface area contributed by atoms with Gasteiger partial charge in [-0.1, -0.05) is 0 Å². The van der Waals surface area contributed by atoms with Gasteiger partial charge in [-0.15, -0.1) is 0 Å². The molecule has 2 rings (SSSR count). The first-order valence-electron chi connectivity index (χ1n) is 5.30. The van der Waals surface area contributed by atoms with E-state index in [1.807, 2.05) is 29.8 Å². The van der Waals surface area contributed by atoms with Crippen molar-refractivity contribution in [2.24, 2.45) is 7.05 Å². The normalized spacial score (nSPS) is 10.2. The van der Waals surface area contributed by atoms with E-state index in [9.17, 15) is 4.79 Å². The van der Waals surface area contributed by atoms with Gasteiger partial charge in [0.1, 0.15) is 11.6 Å². The van der Waals surface area contributed by atoms with E-state index in [-0.39, 0.29) is 0 Å². The molecule has 0 saturated heterocycles. The average molecular weight is 230 g/mol. The van der Waals surface area contributed by atoms with E-state index in [4.69, 9.17) is 0 Å². The van der Waals surface area contributed by atoms with Crippen LogP contribution in [0.3, 0.4) is 0 Å². The maximum absolute atomic E-state index is 10.9. The predicted octanol–water partition coefficient (Wildman–Crippen LogP) is 1.26. The Hall–Kier alpha value is -2.17. The van der Waals surface area contributed by atoms with Crippen LogP contribution >= 0.6 is 0 Å². The highest BCUT2D eigenvalue weighted by atomic mass is 16.1. The molecule has 88 valence electrons. The third-order valence-electron chi connectivity index (χ3n) is 2.60. The first kappa shape index (κ1) is 11.3. The third-order valence-corrected chi connectivity index (χ3v) is 2.60. The topological polar surface area (TPSA) is 51.0 Å². The number of nitrogens with zero attached hydrogens (tertiary/aromatic N) is 4. The molecule has 0 fully saturated rings. The van der Waals surface area contributed by atoms with Gasteiger partial charge in [0.2, 0.25) is 0 Å². The Labute approximate surface area is 99.7 Å². The van der Waals surface area contributed by atoms with Crippen LogP contribution in [0.2, 0.25) is 0 Å². The van der Waals surface area contributed by atoms with Crippen LogP contribution in [0.5, 0.6) is 0 Å². The zero-order valence-electron chi connectivity index (χ0n) is 9.87. The predicted molar refractivity (Wildman–Crippen MR) is 64.9 cm³/mol. The Bertz CT molecular complexity index is 521. The monoisotopic (exact) mass is 230 g/mol. The quantitative estimate of drug-likeness (QED) is 0.742. The van der Waals surface area contributed by atoms with E-state index in [0.717, 1.165) is 12.1 Å². The number of carbonyl (C=O) groups excluding carboxylic acids is 1. The second-order valence-corrected chi connectivity index (χ2v) is 3.84. The molecule has 5 heteroatoms. The van der Waals surface area contributed by atoms with Crippen molar-refractivity contribution in [3.8, 4) is 0 Å². The van der Waals surface area contributed by atoms with Crippen LogP contribution in [-0.2, 0) is 13.6 Å². The molecule has 2 heterocycles. The molecule has 5 nitrogen and oxygen atoms in total. The van der Waals surface area contributed by atoms with Crippen LogP contribution < -0.4 is 4.90 Å². The summed E-state index contributed by atoms with van der Waals surface area (Å²) >= 11 is 0. The van der Waals surface area contributed by atoms with Crippen molar-refractivity contribution in [2.75, 3.05) is 11.9 Å². The number of imidazole rings is 1. The fourth-order valence-corrected chi connectivity index (χ4v) is 1.66. The minimum Gasteiger partial charge on any atom is -0.352 e. The van der Waals surface area contributed by atoms with Gasteiger partial charge >= 0.3 is 0 Å². The minimum absolute atomic E-state index is 0.587. The molecular weight excluding hydrogens is 216 g/mol. The number of aromatic nitrogens is 3. The summed E-state index contributed by atoms with van der Waals surface area (Å²) in [4.78, 5) is 21.3. The van der Waals surface area contributed by atoms with E-state index in [0.29, 0.717) is 17.9 Å². The molecule has 0 saturated carbocycles. The van der Waals surface area contributed by atoms with E-state index in [1.165, 1.54) is 0 Å². The molecular formula is C12H14N4O. The fraction of sp³-hybridized carbons (Fsp3) is 0.250. The number of carbonyl (C=O) groups is 1. The first-order chi connectivity index (χ1) is 8.22. The van der Waals surface area contributed by atoms with Gasteiger partial charge in [-0.25, -0.2) is 9.97 Å². The van der Waals surface area contributed by atoms with Crippen LogP contribution in [0.15, 0.2) is 30.7 Å². The molecule has 0 atom stereocenters. The Balaban J connectivity index is 2.23. The maximum atomic E-state index is 10.9. The summed E-state index contributed by atoms with van der Waals surface area (Å²) < 4.78 is 1.94. The number of rotatable bonds is 4. The molecule has 0 N–H and O–H groups in total. The lowest BCUT2D eigenvalue weighted by Crippen LogP contribution is -2.21. The number of hydrogen-bond acceptors (Lipinski definition) is 4. The lowest BCUT2D eigenvalue weighted by atomic mass is 10.2. The van der Waals surface area contributed by atoms with Crippen LogP contribution in [0.4, 0.5) is 5.82 Å². The Morgan fingerprint density at radius 3 is 2.88 bits per heavy atom. The van der Waals surface area contributed by atoms with Gasteiger partial charge in [-0.2, -0.15) is 0 Å². The number of hydrogen-bond donors (Lipinski definition) is 0. The Morgan fingerprint density at radius 2 is 2.24 bits per heavy atom. The lowest BCUT2D eigenvalue weighted by Gasteiger charge is -2.18. The molecule has 17 heavy (non-hydrogen) atoms. The summed E-state index contributed by atoms with van der Waals surface area (Å²) in [6, 6.07) is 3.51. The zero-order chi connectivity index (χ0) is 12.3. The van der Waals surface area contributed by atoms with Crippen LogP contribution in [0.25, 0.3) is 0 Å². The fourth-order valence-electron chi connectivity index (χ4n) is 1.66. The van der Waals surface area contributed by atoms with Crippen molar-refractivity contribution < 1.29 is 4.79 Å². The van der Waals surface area contributed by atoms with E-state index >= 15 is 0 Å².